The van der Waals surface area contributed by atoms with Crippen LogP contribution in [0.4, 0.5) is 5.69 Å². The van der Waals surface area contributed by atoms with Gasteiger partial charge in [0.15, 0.2) is 0 Å². The van der Waals surface area contributed by atoms with E-state index in [1.54, 1.807) is 12.1 Å². The van der Waals surface area contributed by atoms with Crippen molar-refractivity contribution in [2.75, 3.05) is 30.3 Å². The molecule has 0 spiro atoms. The Morgan fingerprint density at radius 3 is 2.62 bits per heavy atom. The molecular weight excluding hydrogens is 221 g/mol. The fourth-order valence-corrected chi connectivity index (χ4v) is 3.10. The molecule has 2 rings (SSSR count). The second-order valence-corrected chi connectivity index (χ2v) is 5.60. The molecule has 0 unspecified atom stereocenters. The van der Waals surface area contributed by atoms with Crippen LogP contribution in [0, 0.1) is 6.92 Å². The van der Waals surface area contributed by atoms with Crippen molar-refractivity contribution in [3.8, 4) is 0 Å². The van der Waals surface area contributed by atoms with Gasteiger partial charge in [-0.05, 0) is 43.0 Å². The van der Waals surface area contributed by atoms with E-state index in [-0.39, 0.29) is 0 Å². The highest BCUT2D eigenvalue weighted by Gasteiger charge is 2.13. The number of benzene rings is 1. The van der Waals surface area contributed by atoms with E-state index >= 15 is 0 Å². The van der Waals surface area contributed by atoms with Crippen molar-refractivity contribution in [1.82, 2.24) is 0 Å². The van der Waals surface area contributed by atoms with Crippen LogP contribution in [-0.2, 0) is 0 Å². The maximum absolute atomic E-state index is 11.0. The average Bonchev–Trinajstić information content (AvgIpc) is 2.29. The zero-order chi connectivity index (χ0) is 11.5. The average molecular weight is 237 g/mol. The van der Waals surface area contributed by atoms with Gasteiger partial charge >= 0.3 is 5.97 Å². The molecule has 0 saturated carbocycles. The maximum atomic E-state index is 11.0. The summed E-state index contributed by atoms with van der Waals surface area (Å²) in [6.45, 7) is 4.06. The molecule has 0 atom stereocenters. The van der Waals surface area contributed by atoms with Gasteiger partial charge in [0, 0.05) is 18.8 Å². The quantitative estimate of drug-likeness (QED) is 0.801. The van der Waals surface area contributed by atoms with E-state index in [2.05, 4.69) is 11.0 Å². The van der Waals surface area contributed by atoms with Crippen molar-refractivity contribution >= 4 is 20.2 Å². The molecule has 1 aliphatic heterocycles. The number of anilines is 1. The Morgan fingerprint density at radius 2 is 2.00 bits per heavy atom. The van der Waals surface area contributed by atoms with Crippen LogP contribution in [0.1, 0.15) is 15.9 Å². The highest BCUT2D eigenvalue weighted by molar-refractivity contribution is 7.38. The third kappa shape index (κ3) is 2.53. The highest BCUT2D eigenvalue weighted by Crippen LogP contribution is 2.24. The number of hydrogen-bond acceptors (Lipinski definition) is 2. The fourth-order valence-electron chi connectivity index (χ4n) is 1.99. The molecule has 1 saturated heterocycles. The van der Waals surface area contributed by atoms with Gasteiger partial charge in [-0.15, -0.1) is 8.58 Å². The monoisotopic (exact) mass is 237 g/mol. The van der Waals surface area contributed by atoms with E-state index in [0.717, 1.165) is 32.9 Å². The van der Waals surface area contributed by atoms with Crippen LogP contribution in [-0.4, -0.2) is 36.5 Å². The molecule has 0 bridgehead atoms. The first-order valence-electron chi connectivity index (χ1n) is 5.47. The molecule has 16 heavy (non-hydrogen) atoms. The topological polar surface area (TPSA) is 40.5 Å². The SMILES string of the molecule is Cc1cc(C(=O)O)cc(N2CCPCC2)c1. The van der Waals surface area contributed by atoms with Gasteiger partial charge in [0.1, 0.15) is 0 Å². The predicted molar refractivity (Wildman–Crippen MR) is 68.4 cm³/mol. The van der Waals surface area contributed by atoms with Crippen molar-refractivity contribution in [1.29, 1.82) is 0 Å². The molecule has 1 aromatic carbocycles. The van der Waals surface area contributed by atoms with Crippen LogP contribution in [0.25, 0.3) is 0 Å². The first kappa shape index (κ1) is 11.4. The Hall–Kier alpha value is -1.08. The molecule has 1 heterocycles. The van der Waals surface area contributed by atoms with E-state index in [0.29, 0.717) is 5.56 Å². The molecule has 0 radical (unpaired) electrons. The van der Waals surface area contributed by atoms with Gasteiger partial charge < -0.3 is 10.0 Å². The van der Waals surface area contributed by atoms with Crippen molar-refractivity contribution in [3.63, 3.8) is 0 Å². The van der Waals surface area contributed by atoms with Gasteiger partial charge in [-0.3, -0.25) is 0 Å². The van der Waals surface area contributed by atoms with E-state index in [1.165, 1.54) is 12.3 Å². The Bertz CT molecular complexity index is 400. The summed E-state index contributed by atoms with van der Waals surface area (Å²) >= 11 is 0. The highest BCUT2D eigenvalue weighted by atomic mass is 31.1. The number of carboxylic acids is 1. The number of carbonyl (C=O) groups is 1. The van der Waals surface area contributed by atoms with E-state index < -0.39 is 5.97 Å². The molecule has 4 heteroatoms. The summed E-state index contributed by atoms with van der Waals surface area (Å²) in [5.41, 5.74) is 2.47. The zero-order valence-electron chi connectivity index (χ0n) is 9.36. The first-order valence-corrected chi connectivity index (χ1v) is 6.89. The van der Waals surface area contributed by atoms with E-state index in [1.807, 2.05) is 6.92 Å². The maximum Gasteiger partial charge on any atom is 0.335 e. The minimum absolute atomic E-state index is 0.392. The minimum atomic E-state index is -0.844. The number of nitrogens with zero attached hydrogens (tertiary/aromatic N) is 1. The lowest BCUT2D eigenvalue weighted by atomic mass is 10.1. The minimum Gasteiger partial charge on any atom is -0.478 e. The lowest BCUT2D eigenvalue weighted by Gasteiger charge is -2.29. The summed E-state index contributed by atoms with van der Waals surface area (Å²) in [6.07, 6.45) is 2.46. The second-order valence-electron chi connectivity index (χ2n) is 4.10. The lowest BCUT2D eigenvalue weighted by Crippen LogP contribution is -2.31. The van der Waals surface area contributed by atoms with E-state index in [9.17, 15) is 4.79 Å². The lowest BCUT2D eigenvalue weighted by molar-refractivity contribution is 0.0697. The number of carboxylic acid groups (broad SMARTS) is 1. The smallest absolute Gasteiger partial charge is 0.335 e. The molecule has 0 amide bonds. The zero-order valence-corrected chi connectivity index (χ0v) is 10.4. The summed E-state index contributed by atoms with van der Waals surface area (Å²) in [5.74, 6) is -0.844. The number of aromatic carboxylic acids is 1. The molecule has 3 nitrogen and oxygen atoms in total. The number of rotatable bonds is 2. The third-order valence-electron chi connectivity index (χ3n) is 2.79. The van der Waals surface area contributed by atoms with Crippen molar-refractivity contribution in [2.24, 2.45) is 0 Å². The fraction of sp³-hybridized carbons (Fsp3) is 0.417. The van der Waals surface area contributed by atoms with Crippen LogP contribution in [0.2, 0.25) is 0 Å². The van der Waals surface area contributed by atoms with Crippen LogP contribution in [0.3, 0.4) is 0 Å². The summed E-state index contributed by atoms with van der Waals surface area (Å²) in [6, 6.07) is 5.57. The predicted octanol–water partition coefficient (Wildman–Crippen LogP) is 2.19. The second kappa shape index (κ2) is 4.84. The number of hydrogen-bond donors (Lipinski definition) is 1. The van der Waals surface area contributed by atoms with Crippen LogP contribution in [0.5, 0.6) is 0 Å². The van der Waals surface area contributed by atoms with Gasteiger partial charge in [0.2, 0.25) is 0 Å². The molecule has 0 aromatic heterocycles. The molecule has 1 aliphatic rings. The Balaban J connectivity index is 2.28. The van der Waals surface area contributed by atoms with Crippen molar-refractivity contribution in [2.45, 2.75) is 6.92 Å². The number of aryl methyl sites for hydroxylation is 1. The van der Waals surface area contributed by atoms with Gasteiger partial charge in [-0.25, -0.2) is 4.79 Å². The summed E-state index contributed by atoms with van der Waals surface area (Å²) < 4.78 is 0. The van der Waals surface area contributed by atoms with Crippen molar-refractivity contribution < 1.29 is 9.90 Å². The normalized spacial score (nSPS) is 16.2. The molecule has 86 valence electrons. The van der Waals surface area contributed by atoms with Gasteiger partial charge in [-0.1, -0.05) is 0 Å². The summed E-state index contributed by atoms with van der Waals surface area (Å²) in [7, 11) is 1.06. The van der Waals surface area contributed by atoms with Gasteiger partial charge in [0.05, 0.1) is 5.56 Å². The Labute approximate surface area is 97.2 Å². The van der Waals surface area contributed by atoms with Crippen LogP contribution < -0.4 is 4.90 Å². The van der Waals surface area contributed by atoms with E-state index in [4.69, 9.17) is 5.11 Å². The third-order valence-corrected chi connectivity index (χ3v) is 3.95. The van der Waals surface area contributed by atoms with Crippen molar-refractivity contribution in [3.05, 3.63) is 29.3 Å². The summed E-state index contributed by atoms with van der Waals surface area (Å²) in [4.78, 5) is 13.3. The Morgan fingerprint density at radius 1 is 1.31 bits per heavy atom. The largest absolute Gasteiger partial charge is 0.478 e. The molecule has 1 N–H and O–H groups in total. The van der Waals surface area contributed by atoms with Gasteiger partial charge in [0.25, 0.3) is 0 Å². The molecule has 1 aromatic rings. The van der Waals surface area contributed by atoms with Crippen LogP contribution >= 0.6 is 8.58 Å². The van der Waals surface area contributed by atoms with Crippen LogP contribution in [0.15, 0.2) is 18.2 Å². The standard InChI is InChI=1S/C12H16NO2P/c1-9-6-10(12(14)15)8-11(7-9)13-2-4-16-5-3-13/h6-8,16H,2-5H2,1H3,(H,14,15). The summed E-state index contributed by atoms with van der Waals surface area (Å²) in [5, 5.41) is 9.01. The Kier molecular flexibility index (Phi) is 3.45. The molecule has 1 fully saturated rings. The first-order chi connectivity index (χ1) is 7.66. The molecular formula is C12H16NO2P. The molecule has 0 aliphatic carbocycles. The van der Waals surface area contributed by atoms with Gasteiger partial charge in [-0.2, -0.15) is 0 Å².